The molecule has 1 saturated heterocycles. The van der Waals surface area contributed by atoms with E-state index in [1.54, 1.807) is 11.1 Å². The van der Waals surface area contributed by atoms with E-state index in [0.717, 1.165) is 3.92 Å². The van der Waals surface area contributed by atoms with Gasteiger partial charge in [0, 0.05) is 0 Å². The van der Waals surface area contributed by atoms with Crippen molar-refractivity contribution < 1.29 is 0 Å². The molecule has 1 aliphatic carbocycles. The van der Waals surface area contributed by atoms with Crippen molar-refractivity contribution >= 4 is 50.0 Å². The number of hydrogen-bond donors (Lipinski definition) is 0. The standard InChI is InChI=1S/C15H24I2S/c1-11(7-9-18-16)10-13-14-12(2)6-5-8-15(14,3)17(13)4/h7,13H,5-6,8-10H2,1-4H3/b11-7+. The Labute approximate surface area is 136 Å². The molecule has 0 bridgehead atoms. The maximum atomic E-state index is 2.64. The Kier molecular flexibility index (Phi) is 5.55. The third-order valence-electron chi connectivity index (χ3n) is 4.58. The molecule has 3 heteroatoms. The van der Waals surface area contributed by atoms with Crippen LogP contribution in [0.2, 0.25) is 0 Å². The SMILES string of the molecule is CC1=C2C(C/C(C)=C/CSI)I(C)C2(C)CCC1. The number of fused-ring (bicyclic) bond motifs is 1. The number of rotatable bonds is 4. The number of allylic oxidation sites excluding steroid dienone is 3. The van der Waals surface area contributed by atoms with Gasteiger partial charge in [0.2, 0.25) is 0 Å². The van der Waals surface area contributed by atoms with Gasteiger partial charge in [-0.1, -0.05) is 0 Å². The number of alkyl halides is 3. The van der Waals surface area contributed by atoms with Gasteiger partial charge in [0.15, 0.2) is 0 Å². The van der Waals surface area contributed by atoms with Gasteiger partial charge in [-0.15, -0.1) is 0 Å². The Morgan fingerprint density at radius 1 is 1.61 bits per heavy atom. The van der Waals surface area contributed by atoms with Crippen LogP contribution < -0.4 is 0 Å². The van der Waals surface area contributed by atoms with Crippen LogP contribution in [0.3, 0.4) is 0 Å². The van der Waals surface area contributed by atoms with Gasteiger partial charge in [-0.3, -0.25) is 0 Å². The molecule has 2 atom stereocenters. The molecule has 0 aromatic heterocycles. The van der Waals surface area contributed by atoms with Crippen LogP contribution in [0.4, 0.5) is 0 Å². The van der Waals surface area contributed by atoms with Gasteiger partial charge in [0.25, 0.3) is 0 Å². The zero-order chi connectivity index (χ0) is 13.3. The first kappa shape index (κ1) is 15.7. The molecule has 2 rings (SSSR count). The molecule has 0 amide bonds. The van der Waals surface area contributed by atoms with E-state index in [2.05, 4.69) is 53.0 Å². The average molecular weight is 490 g/mol. The molecule has 0 aromatic rings. The van der Waals surface area contributed by atoms with Crippen LogP contribution in [-0.2, 0) is 0 Å². The second kappa shape index (κ2) is 6.37. The molecular weight excluding hydrogens is 466 g/mol. The quantitative estimate of drug-likeness (QED) is 0.258. The Hall–Kier alpha value is 1.29. The van der Waals surface area contributed by atoms with Crippen molar-refractivity contribution in [1.29, 1.82) is 0 Å². The van der Waals surface area contributed by atoms with Gasteiger partial charge in [0.05, 0.1) is 0 Å². The fourth-order valence-electron chi connectivity index (χ4n) is 3.46. The van der Waals surface area contributed by atoms with Crippen LogP contribution >= 0.6 is 50.0 Å². The molecule has 1 aliphatic heterocycles. The molecular formula is C15H24I2S. The third kappa shape index (κ3) is 2.83. The van der Waals surface area contributed by atoms with Crippen molar-refractivity contribution in [1.82, 2.24) is 0 Å². The Morgan fingerprint density at radius 3 is 3.00 bits per heavy atom. The van der Waals surface area contributed by atoms with E-state index in [-0.39, 0.29) is 0 Å². The van der Waals surface area contributed by atoms with Crippen LogP contribution in [0.25, 0.3) is 0 Å². The summed E-state index contributed by atoms with van der Waals surface area (Å²) >= 11 is 1.63. The number of hydrogen-bond acceptors (Lipinski definition) is 1. The predicted molar refractivity (Wildman–Crippen MR) is 104 cm³/mol. The molecule has 1 heterocycles. The van der Waals surface area contributed by atoms with Crippen LogP contribution in [0.5, 0.6) is 0 Å². The van der Waals surface area contributed by atoms with Crippen molar-refractivity contribution in [2.24, 2.45) is 0 Å². The summed E-state index contributed by atoms with van der Waals surface area (Å²) in [7, 11) is 1.90. The summed E-state index contributed by atoms with van der Waals surface area (Å²) in [5.74, 6) is 1.17. The summed E-state index contributed by atoms with van der Waals surface area (Å²) < 4.78 is 1.70. The van der Waals surface area contributed by atoms with E-state index < -0.39 is 19.8 Å². The molecule has 0 nitrogen and oxygen atoms in total. The summed E-state index contributed by atoms with van der Waals surface area (Å²) in [5.41, 5.74) is 5.28. The summed E-state index contributed by atoms with van der Waals surface area (Å²) in [6, 6.07) is 0. The van der Waals surface area contributed by atoms with Gasteiger partial charge >= 0.3 is 137 Å². The molecule has 2 unspecified atom stereocenters. The second-order valence-corrected chi connectivity index (χ2v) is 15.0. The molecule has 0 aromatic carbocycles. The van der Waals surface area contributed by atoms with E-state index in [1.807, 2.05) is 14.5 Å². The molecule has 0 N–H and O–H groups in total. The van der Waals surface area contributed by atoms with Crippen molar-refractivity contribution in [2.45, 2.75) is 53.8 Å². The molecule has 18 heavy (non-hydrogen) atoms. The molecule has 0 spiro atoms. The van der Waals surface area contributed by atoms with Crippen molar-refractivity contribution in [3.63, 3.8) is 0 Å². The fourth-order valence-corrected chi connectivity index (χ4v) is 12.0. The first-order valence-corrected chi connectivity index (χ1v) is 14.7. The van der Waals surface area contributed by atoms with E-state index in [4.69, 9.17) is 0 Å². The van der Waals surface area contributed by atoms with Crippen molar-refractivity contribution in [2.75, 3.05) is 10.7 Å². The summed E-state index contributed by atoms with van der Waals surface area (Å²) in [4.78, 5) is 2.64. The molecule has 0 radical (unpaired) electrons. The first-order chi connectivity index (χ1) is 8.50. The van der Waals surface area contributed by atoms with Crippen LogP contribution in [-0.4, -0.2) is 18.0 Å². The first-order valence-electron chi connectivity index (χ1n) is 6.68. The minimum absolute atomic E-state index is 0.704. The fraction of sp³-hybridized carbons (Fsp3) is 0.733. The van der Waals surface area contributed by atoms with E-state index in [1.165, 1.54) is 31.4 Å². The van der Waals surface area contributed by atoms with Gasteiger partial charge in [-0.2, -0.15) is 0 Å². The molecule has 2 aliphatic rings. The minimum atomic E-state index is -0.759. The average Bonchev–Trinajstić information content (AvgIpc) is 2.34. The zero-order valence-electron chi connectivity index (χ0n) is 11.9. The summed E-state index contributed by atoms with van der Waals surface area (Å²) in [6.45, 7) is 7.32. The van der Waals surface area contributed by atoms with Crippen molar-refractivity contribution in [3.05, 3.63) is 22.8 Å². The van der Waals surface area contributed by atoms with Crippen LogP contribution in [0, 0.1) is 0 Å². The van der Waals surface area contributed by atoms with Gasteiger partial charge in [0.1, 0.15) is 0 Å². The third-order valence-corrected chi connectivity index (χ3v) is 14.1. The maximum absolute atomic E-state index is 2.64. The molecule has 0 saturated carbocycles. The normalized spacial score (nSPS) is 34.4. The van der Waals surface area contributed by atoms with Gasteiger partial charge in [-0.05, 0) is 0 Å². The monoisotopic (exact) mass is 490 g/mol. The Bertz CT molecular complexity index is 386. The Balaban J connectivity index is 2.11. The second-order valence-electron chi connectivity index (χ2n) is 5.76. The van der Waals surface area contributed by atoms with E-state index >= 15 is 0 Å². The summed E-state index contributed by atoms with van der Waals surface area (Å²) in [6.07, 6.45) is 8.11. The van der Waals surface area contributed by atoms with Crippen LogP contribution in [0.15, 0.2) is 22.8 Å². The number of halogens is 2. The topological polar surface area (TPSA) is 0 Å². The van der Waals surface area contributed by atoms with Gasteiger partial charge in [-0.25, -0.2) is 0 Å². The Morgan fingerprint density at radius 2 is 2.33 bits per heavy atom. The van der Waals surface area contributed by atoms with E-state index in [9.17, 15) is 0 Å². The van der Waals surface area contributed by atoms with Gasteiger partial charge < -0.3 is 0 Å². The van der Waals surface area contributed by atoms with Crippen molar-refractivity contribution in [3.8, 4) is 0 Å². The molecule has 104 valence electrons. The zero-order valence-corrected chi connectivity index (χ0v) is 17.0. The van der Waals surface area contributed by atoms with E-state index in [0.29, 0.717) is 3.42 Å². The predicted octanol–water partition coefficient (Wildman–Crippen LogP) is 6.18. The summed E-state index contributed by atoms with van der Waals surface area (Å²) in [5, 5.41) is 0. The van der Waals surface area contributed by atoms with Crippen LogP contribution in [0.1, 0.15) is 46.5 Å². The molecule has 1 fully saturated rings.